The molecule has 0 aromatic heterocycles. The van der Waals surface area contributed by atoms with Crippen LogP contribution in [0.4, 0.5) is 0 Å². The third kappa shape index (κ3) is 6.73. The minimum Gasteiger partial charge on any atom is -0.493 e. The van der Waals surface area contributed by atoms with Gasteiger partial charge in [0, 0.05) is 18.2 Å². The molecule has 34 heavy (non-hydrogen) atoms. The number of carbonyl (C=O) groups is 1. The molecule has 3 rings (SSSR count). The molecule has 7 nitrogen and oxygen atoms in total. The van der Waals surface area contributed by atoms with E-state index in [4.69, 9.17) is 9.47 Å². The zero-order valence-electron chi connectivity index (χ0n) is 20.3. The second-order valence-corrected chi connectivity index (χ2v) is 10.7. The molecule has 0 radical (unpaired) electrons. The van der Waals surface area contributed by atoms with Crippen LogP contribution in [0.3, 0.4) is 0 Å². The molecular formula is C26H36N2O5S. The molecule has 1 aliphatic carbocycles. The smallest absolute Gasteiger partial charge is 0.243 e. The number of methoxy groups -OCH3 is 2. The van der Waals surface area contributed by atoms with Crippen LogP contribution < -0.4 is 14.8 Å². The second kappa shape index (κ2) is 12.2. The molecule has 1 aliphatic rings. The monoisotopic (exact) mass is 488 g/mol. The van der Waals surface area contributed by atoms with Crippen molar-refractivity contribution in [2.24, 2.45) is 0 Å². The normalized spacial score (nSPS) is 15.6. The van der Waals surface area contributed by atoms with Gasteiger partial charge in [0.15, 0.2) is 11.5 Å². The van der Waals surface area contributed by atoms with Gasteiger partial charge >= 0.3 is 0 Å². The standard InChI is InChI=1S/C26H36N2O5S/c1-20(14-15-21-10-6-4-7-11-21)27-26(29)19-28(22-12-8-5-9-13-22)34(30,31)23-16-17-24(32-2)25(18-23)33-3/h4,6-7,10-11,16-18,20,22H,5,8-9,12-15,19H2,1-3H3,(H,27,29)/t20-/m1/s1. The van der Waals surface area contributed by atoms with E-state index in [9.17, 15) is 13.2 Å². The first kappa shape index (κ1) is 26.0. The van der Waals surface area contributed by atoms with Crippen molar-refractivity contribution in [1.82, 2.24) is 9.62 Å². The maximum atomic E-state index is 13.7. The summed E-state index contributed by atoms with van der Waals surface area (Å²) in [4.78, 5) is 13.1. The van der Waals surface area contributed by atoms with Crippen LogP contribution in [0, 0.1) is 0 Å². The van der Waals surface area contributed by atoms with Gasteiger partial charge in [-0.05, 0) is 50.3 Å². The number of carbonyl (C=O) groups excluding carboxylic acids is 1. The van der Waals surface area contributed by atoms with Crippen molar-refractivity contribution < 1.29 is 22.7 Å². The highest BCUT2D eigenvalue weighted by atomic mass is 32.2. The number of nitrogens with zero attached hydrogens (tertiary/aromatic N) is 1. The summed E-state index contributed by atoms with van der Waals surface area (Å²) in [5, 5.41) is 2.99. The van der Waals surface area contributed by atoms with Crippen molar-refractivity contribution in [3.05, 3.63) is 54.1 Å². The highest BCUT2D eigenvalue weighted by Crippen LogP contribution is 2.33. The third-order valence-corrected chi connectivity index (χ3v) is 8.25. The fourth-order valence-electron chi connectivity index (χ4n) is 4.45. The van der Waals surface area contributed by atoms with E-state index in [1.807, 2.05) is 25.1 Å². The number of hydrogen-bond acceptors (Lipinski definition) is 5. The zero-order valence-corrected chi connectivity index (χ0v) is 21.1. The molecule has 8 heteroatoms. The van der Waals surface area contributed by atoms with Gasteiger partial charge in [-0.25, -0.2) is 8.42 Å². The third-order valence-electron chi connectivity index (χ3n) is 6.36. The molecule has 186 valence electrons. The SMILES string of the molecule is COc1ccc(S(=O)(=O)N(CC(=O)N[C@H](C)CCc2ccccc2)C2CCCCC2)cc1OC. The largest absolute Gasteiger partial charge is 0.493 e. The van der Waals surface area contributed by atoms with Gasteiger partial charge in [-0.2, -0.15) is 4.31 Å². The van der Waals surface area contributed by atoms with Crippen LogP contribution in [-0.2, 0) is 21.2 Å². The van der Waals surface area contributed by atoms with E-state index in [-0.39, 0.29) is 29.4 Å². The number of ether oxygens (including phenoxy) is 2. The van der Waals surface area contributed by atoms with Gasteiger partial charge < -0.3 is 14.8 Å². The molecule has 0 saturated heterocycles. The topological polar surface area (TPSA) is 84.9 Å². The lowest BCUT2D eigenvalue weighted by Crippen LogP contribution is -2.48. The summed E-state index contributed by atoms with van der Waals surface area (Å²) in [5.74, 6) is 0.511. The predicted octanol–water partition coefficient (Wildman–Crippen LogP) is 4.16. The van der Waals surface area contributed by atoms with E-state index in [0.717, 1.165) is 44.9 Å². The van der Waals surface area contributed by atoms with Crippen LogP contribution in [0.2, 0.25) is 0 Å². The second-order valence-electron chi connectivity index (χ2n) is 8.85. The summed E-state index contributed by atoms with van der Waals surface area (Å²) in [6, 6.07) is 14.4. The Hall–Kier alpha value is -2.58. The predicted molar refractivity (Wildman–Crippen MR) is 133 cm³/mol. The van der Waals surface area contributed by atoms with Crippen LogP contribution in [-0.4, -0.2) is 51.5 Å². The van der Waals surface area contributed by atoms with Crippen molar-refractivity contribution in [1.29, 1.82) is 0 Å². The maximum absolute atomic E-state index is 13.7. The van der Waals surface area contributed by atoms with E-state index < -0.39 is 10.0 Å². The summed E-state index contributed by atoms with van der Waals surface area (Å²) in [7, 11) is -0.934. The van der Waals surface area contributed by atoms with Crippen LogP contribution in [0.1, 0.15) is 51.0 Å². The Morgan fingerprint density at radius 1 is 1.03 bits per heavy atom. The van der Waals surface area contributed by atoms with Crippen molar-refractivity contribution >= 4 is 15.9 Å². The molecule has 0 unspecified atom stereocenters. The zero-order chi connectivity index (χ0) is 24.6. The first-order valence-corrected chi connectivity index (χ1v) is 13.4. The highest BCUT2D eigenvalue weighted by Gasteiger charge is 2.34. The van der Waals surface area contributed by atoms with Gasteiger partial charge in [0.1, 0.15) is 0 Å². The minimum atomic E-state index is -3.91. The van der Waals surface area contributed by atoms with Gasteiger partial charge in [0.2, 0.25) is 15.9 Å². The summed E-state index contributed by atoms with van der Waals surface area (Å²) in [5.41, 5.74) is 1.21. The molecule has 0 heterocycles. The molecule has 1 fully saturated rings. The van der Waals surface area contributed by atoms with Gasteiger partial charge in [-0.3, -0.25) is 4.79 Å². The average molecular weight is 489 g/mol. The summed E-state index contributed by atoms with van der Waals surface area (Å²) >= 11 is 0. The van der Waals surface area contributed by atoms with E-state index in [0.29, 0.717) is 11.5 Å². The number of aryl methyl sites for hydroxylation is 1. The fraction of sp³-hybridized carbons (Fsp3) is 0.500. The Morgan fingerprint density at radius 2 is 1.71 bits per heavy atom. The Labute approximate surface area is 203 Å². The van der Waals surface area contributed by atoms with E-state index in [1.165, 1.54) is 36.2 Å². The van der Waals surface area contributed by atoms with Crippen LogP contribution >= 0.6 is 0 Å². The Balaban J connectivity index is 1.74. The minimum absolute atomic E-state index is 0.0651. The molecule has 2 aromatic carbocycles. The molecule has 1 atom stereocenters. The van der Waals surface area contributed by atoms with Crippen molar-refractivity contribution in [2.45, 2.75) is 68.8 Å². The highest BCUT2D eigenvalue weighted by molar-refractivity contribution is 7.89. The lowest BCUT2D eigenvalue weighted by Gasteiger charge is -2.33. The quantitative estimate of drug-likeness (QED) is 0.513. The van der Waals surface area contributed by atoms with Crippen molar-refractivity contribution in [3.63, 3.8) is 0 Å². The fourth-order valence-corrected chi connectivity index (χ4v) is 6.11. The number of nitrogens with one attached hydrogen (secondary N) is 1. The van der Waals surface area contributed by atoms with E-state index in [2.05, 4.69) is 17.4 Å². The van der Waals surface area contributed by atoms with E-state index >= 15 is 0 Å². The molecule has 0 spiro atoms. The van der Waals surface area contributed by atoms with Gasteiger partial charge in [0.05, 0.1) is 25.7 Å². The number of hydrogen-bond donors (Lipinski definition) is 1. The number of amides is 1. The van der Waals surface area contributed by atoms with Crippen molar-refractivity contribution in [3.8, 4) is 11.5 Å². The Kier molecular flexibility index (Phi) is 9.36. The van der Waals surface area contributed by atoms with Crippen LogP contribution in [0.5, 0.6) is 11.5 Å². The molecule has 1 N–H and O–H groups in total. The first-order valence-electron chi connectivity index (χ1n) is 11.9. The number of benzene rings is 2. The van der Waals surface area contributed by atoms with Gasteiger partial charge in [-0.15, -0.1) is 0 Å². The number of sulfonamides is 1. The lowest BCUT2D eigenvalue weighted by atomic mass is 9.95. The van der Waals surface area contributed by atoms with Crippen molar-refractivity contribution in [2.75, 3.05) is 20.8 Å². The summed E-state index contributed by atoms with van der Waals surface area (Å²) in [6.45, 7) is 1.76. The van der Waals surface area contributed by atoms with Crippen LogP contribution in [0.15, 0.2) is 53.4 Å². The van der Waals surface area contributed by atoms with Gasteiger partial charge in [0.25, 0.3) is 0 Å². The average Bonchev–Trinajstić information content (AvgIpc) is 2.86. The lowest BCUT2D eigenvalue weighted by molar-refractivity contribution is -0.122. The molecule has 2 aromatic rings. The first-order chi connectivity index (χ1) is 16.3. The molecule has 0 bridgehead atoms. The van der Waals surface area contributed by atoms with Gasteiger partial charge in [-0.1, -0.05) is 49.6 Å². The Morgan fingerprint density at radius 3 is 2.35 bits per heavy atom. The summed E-state index contributed by atoms with van der Waals surface area (Å²) in [6.07, 6.45) is 6.13. The number of rotatable bonds is 11. The molecule has 1 saturated carbocycles. The molecule has 1 amide bonds. The van der Waals surface area contributed by atoms with Crippen LogP contribution in [0.25, 0.3) is 0 Å². The van der Waals surface area contributed by atoms with E-state index in [1.54, 1.807) is 6.07 Å². The Bertz CT molecular complexity index is 1040. The molecule has 0 aliphatic heterocycles. The maximum Gasteiger partial charge on any atom is 0.243 e. The summed E-state index contributed by atoms with van der Waals surface area (Å²) < 4.78 is 39.3. The molecular weight excluding hydrogens is 452 g/mol.